The molecular weight excluding hydrogens is 280 g/mol. The molecule has 0 atom stereocenters. The van der Waals surface area contributed by atoms with Crippen molar-refractivity contribution in [2.75, 3.05) is 12.5 Å². The molecule has 0 N–H and O–H groups in total. The average molecular weight is 299 g/mol. The number of hydrogen-bond donors (Lipinski definition) is 0. The van der Waals surface area contributed by atoms with Gasteiger partial charge in [-0.25, -0.2) is 0 Å². The molecule has 0 aromatic heterocycles. The van der Waals surface area contributed by atoms with Crippen LogP contribution < -0.4 is 0 Å². The summed E-state index contributed by atoms with van der Waals surface area (Å²) in [5, 5.41) is 0.799. The van der Waals surface area contributed by atoms with Crippen LogP contribution in [-0.4, -0.2) is 12.5 Å². The minimum absolute atomic E-state index is 0. The molecule has 0 fully saturated rings. The molecule has 0 nitrogen and oxygen atoms in total. The van der Waals surface area contributed by atoms with E-state index in [-0.39, 0.29) is 7.43 Å². The first-order valence-electron chi connectivity index (χ1n) is 5.15. The Labute approximate surface area is 124 Å². The highest BCUT2D eigenvalue weighted by Gasteiger charge is 1.86. The molecule has 0 radical (unpaired) electrons. The highest BCUT2D eigenvalue weighted by molar-refractivity contribution is 7.98. The molecule has 0 spiro atoms. The Kier molecular flexibility index (Phi) is 10.0. The van der Waals surface area contributed by atoms with Gasteiger partial charge in [0.2, 0.25) is 0 Å². The lowest BCUT2D eigenvalue weighted by molar-refractivity contribution is 1.47. The molecule has 0 saturated heterocycles. The summed E-state index contributed by atoms with van der Waals surface area (Å²) in [6, 6.07) is 18.1. The van der Waals surface area contributed by atoms with Crippen molar-refractivity contribution in [1.82, 2.24) is 0 Å². The second-order valence-electron chi connectivity index (χ2n) is 3.18. The number of benzene rings is 2. The fraction of sp³-hybridized carbons (Fsp3) is 0.200. The van der Waals surface area contributed by atoms with Crippen LogP contribution >= 0.6 is 35.1 Å². The SMILES string of the molecule is C.CSc1ccc(Cl)cc1.CSc1ccccc1. The van der Waals surface area contributed by atoms with Crippen molar-refractivity contribution in [2.45, 2.75) is 17.2 Å². The third-order valence-electron chi connectivity index (χ3n) is 2.03. The highest BCUT2D eigenvalue weighted by atomic mass is 35.5. The first-order valence-corrected chi connectivity index (χ1v) is 7.97. The molecular formula is C15H19ClS2. The smallest absolute Gasteiger partial charge is 0.0406 e. The lowest BCUT2D eigenvalue weighted by Crippen LogP contribution is -1.66. The summed E-state index contributed by atoms with van der Waals surface area (Å²) in [7, 11) is 0. The van der Waals surface area contributed by atoms with E-state index in [0.717, 1.165) is 5.02 Å². The van der Waals surface area contributed by atoms with Gasteiger partial charge in [-0.05, 0) is 48.9 Å². The highest BCUT2D eigenvalue weighted by Crippen LogP contribution is 2.16. The Morgan fingerprint density at radius 3 is 1.56 bits per heavy atom. The van der Waals surface area contributed by atoms with Gasteiger partial charge in [-0.1, -0.05) is 37.2 Å². The van der Waals surface area contributed by atoms with Crippen molar-refractivity contribution in [3.63, 3.8) is 0 Å². The van der Waals surface area contributed by atoms with Gasteiger partial charge in [-0.2, -0.15) is 0 Å². The third-order valence-corrected chi connectivity index (χ3v) is 3.77. The minimum atomic E-state index is 0. The zero-order chi connectivity index (χ0) is 12.5. The van der Waals surface area contributed by atoms with Gasteiger partial charge in [-0.3, -0.25) is 0 Å². The number of halogens is 1. The molecule has 0 saturated carbocycles. The first-order chi connectivity index (χ1) is 8.26. The topological polar surface area (TPSA) is 0 Å². The molecule has 0 bridgehead atoms. The third kappa shape index (κ3) is 7.00. The summed E-state index contributed by atoms with van der Waals surface area (Å²) in [5.74, 6) is 0. The minimum Gasteiger partial charge on any atom is -0.130 e. The summed E-state index contributed by atoms with van der Waals surface area (Å²) in [6.45, 7) is 0. The molecule has 98 valence electrons. The summed E-state index contributed by atoms with van der Waals surface area (Å²) < 4.78 is 0. The van der Waals surface area contributed by atoms with Crippen LogP contribution in [0.4, 0.5) is 0 Å². The zero-order valence-corrected chi connectivity index (χ0v) is 12.3. The lowest BCUT2D eigenvalue weighted by Gasteiger charge is -1.92. The fourth-order valence-corrected chi connectivity index (χ4v) is 2.09. The van der Waals surface area contributed by atoms with Crippen molar-refractivity contribution < 1.29 is 0 Å². The number of thioether (sulfide) groups is 2. The van der Waals surface area contributed by atoms with Crippen LogP contribution in [0.1, 0.15) is 7.43 Å². The monoisotopic (exact) mass is 298 g/mol. The predicted molar refractivity (Wildman–Crippen MR) is 88.2 cm³/mol. The maximum atomic E-state index is 5.66. The van der Waals surface area contributed by atoms with Crippen molar-refractivity contribution in [3.05, 3.63) is 59.6 Å². The van der Waals surface area contributed by atoms with Crippen molar-refractivity contribution in [1.29, 1.82) is 0 Å². The van der Waals surface area contributed by atoms with Gasteiger partial charge in [-0.15, -0.1) is 23.5 Å². The molecule has 2 aromatic rings. The van der Waals surface area contributed by atoms with E-state index in [1.54, 1.807) is 23.5 Å². The Morgan fingerprint density at radius 2 is 1.17 bits per heavy atom. The van der Waals surface area contributed by atoms with Gasteiger partial charge >= 0.3 is 0 Å². The summed E-state index contributed by atoms with van der Waals surface area (Å²) >= 11 is 9.15. The number of rotatable bonds is 2. The molecule has 2 aromatic carbocycles. The molecule has 0 aliphatic rings. The van der Waals surface area contributed by atoms with E-state index < -0.39 is 0 Å². The van der Waals surface area contributed by atoms with E-state index in [1.807, 2.05) is 48.7 Å². The maximum absolute atomic E-state index is 5.66. The Bertz CT molecular complexity index is 412. The van der Waals surface area contributed by atoms with Crippen LogP contribution in [0.15, 0.2) is 64.4 Å². The second kappa shape index (κ2) is 10.4. The van der Waals surface area contributed by atoms with E-state index in [1.165, 1.54) is 9.79 Å². The van der Waals surface area contributed by atoms with Crippen LogP contribution in [0.25, 0.3) is 0 Å². The van der Waals surface area contributed by atoms with Crippen LogP contribution in [0, 0.1) is 0 Å². The van der Waals surface area contributed by atoms with Gasteiger partial charge in [0.15, 0.2) is 0 Å². The van der Waals surface area contributed by atoms with E-state index in [0.29, 0.717) is 0 Å². The molecule has 0 aliphatic carbocycles. The summed E-state index contributed by atoms with van der Waals surface area (Å²) in [4.78, 5) is 2.58. The van der Waals surface area contributed by atoms with Crippen molar-refractivity contribution in [3.8, 4) is 0 Å². The van der Waals surface area contributed by atoms with Crippen molar-refractivity contribution in [2.24, 2.45) is 0 Å². The normalized spacial score (nSPS) is 8.83. The molecule has 0 amide bonds. The van der Waals surface area contributed by atoms with E-state index >= 15 is 0 Å². The summed E-state index contributed by atoms with van der Waals surface area (Å²) in [6.07, 6.45) is 4.12. The Morgan fingerprint density at radius 1 is 0.722 bits per heavy atom. The molecule has 2 rings (SSSR count). The van der Waals surface area contributed by atoms with Crippen LogP contribution in [-0.2, 0) is 0 Å². The van der Waals surface area contributed by atoms with E-state index in [9.17, 15) is 0 Å². The molecule has 0 aliphatic heterocycles. The standard InChI is InChI=1S/C7H7ClS.C7H8S.CH4/c1-9-7-4-2-6(8)3-5-7;1-8-7-5-3-2-4-6-7;/h2-5H,1H3;2-6H,1H3;1H4. The summed E-state index contributed by atoms with van der Waals surface area (Å²) in [5.41, 5.74) is 0. The van der Waals surface area contributed by atoms with E-state index in [4.69, 9.17) is 11.6 Å². The van der Waals surface area contributed by atoms with Gasteiger partial charge in [0.25, 0.3) is 0 Å². The van der Waals surface area contributed by atoms with Crippen LogP contribution in [0.2, 0.25) is 5.02 Å². The molecule has 0 heterocycles. The quantitative estimate of drug-likeness (QED) is 0.614. The largest absolute Gasteiger partial charge is 0.130 e. The van der Waals surface area contributed by atoms with Crippen molar-refractivity contribution >= 4 is 35.1 Å². The second-order valence-corrected chi connectivity index (χ2v) is 5.37. The lowest BCUT2D eigenvalue weighted by atomic mass is 10.4. The Balaban J connectivity index is 0.000000306. The Hall–Kier alpha value is -0.570. The van der Waals surface area contributed by atoms with E-state index in [2.05, 4.69) is 18.4 Å². The van der Waals surface area contributed by atoms with Gasteiger partial charge in [0.1, 0.15) is 0 Å². The van der Waals surface area contributed by atoms with Crippen LogP contribution in [0.3, 0.4) is 0 Å². The van der Waals surface area contributed by atoms with Gasteiger partial charge < -0.3 is 0 Å². The average Bonchev–Trinajstić information content (AvgIpc) is 2.41. The number of hydrogen-bond acceptors (Lipinski definition) is 2. The predicted octanol–water partition coefficient (Wildman–Crippen LogP) is 6.11. The maximum Gasteiger partial charge on any atom is 0.0406 e. The molecule has 3 heteroatoms. The fourth-order valence-electron chi connectivity index (χ4n) is 1.13. The molecule has 0 unspecified atom stereocenters. The van der Waals surface area contributed by atoms with Crippen LogP contribution in [0.5, 0.6) is 0 Å². The van der Waals surface area contributed by atoms with Gasteiger partial charge in [0.05, 0.1) is 0 Å². The molecule has 18 heavy (non-hydrogen) atoms. The zero-order valence-electron chi connectivity index (χ0n) is 9.89. The van der Waals surface area contributed by atoms with Gasteiger partial charge in [0, 0.05) is 14.8 Å². The first kappa shape index (κ1) is 17.4.